The number of hydrogen-bond acceptors (Lipinski definition) is 9. The fourth-order valence-electron chi connectivity index (χ4n) is 4.59. The normalized spacial score (nSPS) is 19.5. The maximum atomic E-state index is 13.4. The van der Waals surface area contributed by atoms with Gasteiger partial charge in [-0.15, -0.1) is 0 Å². The van der Waals surface area contributed by atoms with Gasteiger partial charge in [0.15, 0.2) is 10.1 Å². The number of nitrogens with zero attached hydrogens (tertiary/aromatic N) is 4. The highest BCUT2D eigenvalue weighted by Crippen LogP contribution is 2.51. The molecule has 9 nitrogen and oxygen atoms in total. The van der Waals surface area contributed by atoms with E-state index in [9.17, 15) is 17.8 Å². The zero-order chi connectivity index (χ0) is 27.2. The van der Waals surface area contributed by atoms with Crippen LogP contribution in [0.3, 0.4) is 0 Å². The molecule has 1 unspecified atom stereocenters. The molecule has 198 valence electrons. The van der Waals surface area contributed by atoms with Crippen molar-refractivity contribution in [3.05, 3.63) is 84.4 Å². The second kappa shape index (κ2) is 9.79. The Bertz CT molecular complexity index is 1720. The lowest BCUT2D eigenvalue weighted by atomic mass is 10.1. The zero-order valence-corrected chi connectivity index (χ0v) is 23.0. The molecular weight excluding hydrogens is 557 g/mol. The first-order chi connectivity index (χ1) is 18.8. The predicted molar refractivity (Wildman–Crippen MR) is 155 cm³/mol. The molecule has 1 spiro atoms. The van der Waals surface area contributed by atoms with E-state index in [1.54, 1.807) is 23.1 Å². The van der Waals surface area contributed by atoms with Crippen LogP contribution in [-0.4, -0.2) is 47.4 Å². The van der Waals surface area contributed by atoms with Crippen molar-refractivity contribution >= 4 is 71.9 Å². The van der Waals surface area contributed by atoms with E-state index in [0.717, 1.165) is 21.5 Å². The number of carbonyl (C=O) groups is 1. The van der Waals surface area contributed by atoms with Crippen LogP contribution >= 0.6 is 23.1 Å². The van der Waals surface area contributed by atoms with Crippen LogP contribution in [0.5, 0.6) is 5.75 Å². The van der Waals surface area contributed by atoms with Crippen LogP contribution in [-0.2, 0) is 14.9 Å². The number of fused-ring (bicyclic) bond motifs is 1. The van der Waals surface area contributed by atoms with E-state index in [-0.39, 0.29) is 16.6 Å². The molecule has 2 aliphatic heterocycles. The molecule has 1 atom stereocenters. The fourth-order valence-corrected chi connectivity index (χ4v) is 7.53. The van der Waals surface area contributed by atoms with E-state index in [2.05, 4.69) is 0 Å². The lowest BCUT2D eigenvalue weighted by molar-refractivity contribution is -0.116. The minimum Gasteiger partial charge on any atom is -0.497 e. The Hall–Kier alpha value is -3.71. The SMILES string of the molecule is COc1ccc(/C=C/C2=NN(c3cccc(S(=O)(=O)O)c3)C3(C2)SCC(=O)N3c2nc3ccccc3s2)cc1. The number of anilines is 2. The number of amides is 1. The maximum Gasteiger partial charge on any atom is 0.294 e. The molecule has 1 saturated heterocycles. The molecule has 6 rings (SSSR count). The Kier molecular flexibility index (Phi) is 6.42. The lowest BCUT2D eigenvalue weighted by Crippen LogP contribution is -2.53. The van der Waals surface area contributed by atoms with Gasteiger partial charge in [0.1, 0.15) is 5.75 Å². The minimum absolute atomic E-state index is 0.120. The molecule has 0 aliphatic carbocycles. The maximum absolute atomic E-state index is 13.4. The van der Waals surface area contributed by atoms with Crippen LogP contribution in [0.15, 0.2) is 88.9 Å². The third-order valence-electron chi connectivity index (χ3n) is 6.41. The van der Waals surface area contributed by atoms with Crippen LogP contribution in [0.25, 0.3) is 16.3 Å². The Morgan fingerprint density at radius 1 is 1.05 bits per heavy atom. The molecule has 3 heterocycles. The van der Waals surface area contributed by atoms with Gasteiger partial charge in [0.05, 0.1) is 39.4 Å². The van der Waals surface area contributed by atoms with E-state index in [1.807, 2.05) is 60.7 Å². The molecule has 2 aliphatic rings. The van der Waals surface area contributed by atoms with Crippen molar-refractivity contribution in [3.63, 3.8) is 0 Å². The summed E-state index contributed by atoms with van der Waals surface area (Å²) >= 11 is 2.83. The smallest absolute Gasteiger partial charge is 0.294 e. The molecule has 1 fully saturated rings. The van der Waals surface area contributed by atoms with Gasteiger partial charge in [0.25, 0.3) is 10.1 Å². The Morgan fingerprint density at radius 2 is 1.85 bits per heavy atom. The zero-order valence-electron chi connectivity index (χ0n) is 20.6. The van der Waals surface area contributed by atoms with E-state index in [4.69, 9.17) is 14.8 Å². The van der Waals surface area contributed by atoms with Gasteiger partial charge < -0.3 is 4.74 Å². The van der Waals surface area contributed by atoms with E-state index >= 15 is 0 Å². The molecular formula is C27H22N4O5S3. The summed E-state index contributed by atoms with van der Waals surface area (Å²) in [6.07, 6.45) is 4.17. The fraction of sp³-hybridized carbons (Fsp3) is 0.148. The molecule has 4 aromatic rings. The largest absolute Gasteiger partial charge is 0.497 e. The van der Waals surface area contributed by atoms with Crippen molar-refractivity contribution in [3.8, 4) is 5.75 Å². The highest BCUT2D eigenvalue weighted by Gasteiger charge is 2.56. The highest BCUT2D eigenvalue weighted by molar-refractivity contribution is 8.02. The summed E-state index contributed by atoms with van der Waals surface area (Å²) in [6, 6.07) is 21.2. The number of aromatic nitrogens is 1. The van der Waals surface area contributed by atoms with E-state index in [0.29, 0.717) is 23.0 Å². The molecule has 39 heavy (non-hydrogen) atoms. The lowest BCUT2D eigenvalue weighted by Gasteiger charge is -2.39. The molecule has 0 bridgehead atoms. The number of ether oxygens (including phenoxy) is 1. The standard InChI is InChI=1S/C27H22N4O5S3/c1-36-21-13-10-18(11-14-21)9-12-19-16-27(31(29-19)20-5-4-6-22(15-20)39(33,34)35)30(25(32)17-37-27)26-28-23-7-2-3-8-24(23)38-26/h2-15H,16-17H2,1H3,(H,33,34,35)/b12-9+. The Balaban J connectivity index is 1.45. The minimum atomic E-state index is -4.45. The number of hydrazone groups is 1. The summed E-state index contributed by atoms with van der Waals surface area (Å²) in [5.74, 6) is 0.835. The van der Waals surface area contributed by atoms with Crippen LogP contribution in [0, 0.1) is 0 Å². The highest BCUT2D eigenvalue weighted by atomic mass is 32.2. The second-order valence-electron chi connectivity index (χ2n) is 8.88. The summed E-state index contributed by atoms with van der Waals surface area (Å²) in [5.41, 5.74) is 2.84. The van der Waals surface area contributed by atoms with Crippen LogP contribution in [0.1, 0.15) is 12.0 Å². The van der Waals surface area contributed by atoms with Crippen LogP contribution in [0.2, 0.25) is 0 Å². The average Bonchev–Trinajstić information content (AvgIpc) is 3.62. The van der Waals surface area contributed by atoms with Gasteiger partial charge in [0, 0.05) is 6.42 Å². The third-order valence-corrected chi connectivity index (χ3v) is 9.64. The molecule has 1 amide bonds. The van der Waals surface area contributed by atoms with Gasteiger partial charge in [-0.05, 0) is 54.1 Å². The topological polar surface area (TPSA) is 112 Å². The van der Waals surface area contributed by atoms with Gasteiger partial charge in [-0.3, -0.25) is 14.2 Å². The molecule has 1 N–H and O–H groups in total. The van der Waals surface area contributed by atoms with Crippen molar-refractivity contribution in [1.29, 1.82) is 0 Å². The predicted octanol–water partition coefficient (Wildman–Crippen LogP) is 5.26. The van der Waals surface area contributed by atoms with Crippen LogP contribution < -0.4 is 14.6 Å². The molecule has 0 radical (unpaired) electrons. The second-order valence-corrected chi connectivity index (χ2v) is 12.5. The summed E-state index contributed by atoms with van der Waals surface area (Å²) < 4.78 is 39.7. The number of rotatable bonds is 6. The van der Waals surface area contributed by atoms with Crippen molar-refractivity contribution in [2.75, 3.05) is 22.8 Å². The van der Waals surface area contributed by atoms with E-state index < -0.39 is 15.1 Å². The van der Waals surface area contributed by atoms with E-state index in [1.165, 1.54) is 41.3 Å². The van der Waals surface area contributed by atoms with Gasteiger partial charge in [-0.25, -0.2) is 9.99 Å². The molecule has 1 aromatic heterocycles. The monoisotopic (exact) mass is 578 g/mol. The Morgan fingerprint density at radius 3 is 2.59 bits per heavy atom. The number of carbonyl (C=O) groups excluding carboxylic acids is 1. The molecule has 3 aromatic carbocycles. The quantitative estimate of drug-likeness (QED) is 0.308. The van der Waals surface area contributed by atoms with Crippen LogP contribution in [0.4, 0.5) is 10.8 Å². The number of para-hydroxylation sites is 1. The first kappa shape index (κ1) is 25.6. The number of allylic oxidation sites excluding steroid dienone is 1. The first-order valence-electron chi connectivity index (χ1n) is 11.9. The van der Waals surface area contributed by atoms with Crippen molar-refractivity contribution in [2.24, 2.45) is 5.10 Å². The van der Waals surface area contributed by atoms with Gasteiger partial charge in [-0.1, -0.05) is 59.5 Å². The van der Waals surface area contributed by atoms with Crippen molar-refractivity contribution in [1.82, 2.24) is 4.98 Å². The summed E-state index contributed by atoms with van der Waals surface area (Å²) in [5, 5.41) is 7.06. The summed E-state index contributed by atoms with van der Waals surface area (Å²) in [7, 11) is -2.83. The first-order valence-corrected chi connectivity index (χ1v) is 15.1. The van der Waals surface area contributed by atoms with Crippen molar-refractivity contribution < 1.29 is 22.5 Å². The Labute approximate surface area is 233 Å². The van der Waals surface area contributed by atoms with Crippen molar-refractivity contribution in [2.45, 2.75) is 16.3 Å². The molecule has 12 heteroatoms. The average molecular weight is 579 g/mol. The summed E-state index contributed by atoms with van der Waals surface area (Å²) in [4.78, 5) is 18.5. The van der Waals surface area contributed by atoms with Gasteiger partial charge in [0.2, 0.25) is 5.91 Å². The number of benzene rings is 3. The number of methoxy groups -OCH3 is 1. The third kappa shape index (κ3) is 4.69. The number of thiazole rings is 1. The molecule has 0 saturated carbocycles. The van der Waals surface area contributed by atoms with Gasteiger partial charge >= 0.3 is 0 Å². The number of thioether (sulfide) groups is 1. The summed E-state index contributed by atoms with van der Waals surface area (Å²) in [6.45, 7) is 0. The van der Waals surface area contributed by atoms with Gasteiger partial charge in [-0.2, -0.15) is 13.5 Å². The number of hydrogen-bond donors (Lipinski definition) is 1.